The van der Waals surface area contributed by atoms with Crippen LogP contribution in [0, 0.1) is 0 Å². The Bertz CT molecular complexity index is 972. The Morgan fingerprint density at radius 1 is 1.14 bits per heavy atom. The fourth-order valence-electron chi connectivity index (χ4n) is 3.38. The van der Waals surface area contributed by atoms with Gasteiger partial charge < -0.3 is 23.5 Å². The molecule has 4 rings (SSSR count). The molecule has 3 aromatic rings. The van der Waals surface area contributed by atoms with Crippen molar-refractivity contribution < 1.29 is 18.8 Å². The van der Waals surface area contributed by atoms with E-state index in [0.29, 0.717) is 28.9 Å². The number of nitrogens with zero attached hydrogens (tertiary/aromatic N) is 4. The van der Waals surface area contributed by atoms with Gasteiger partial charge in [-0.05, 0) is 43.2 Å². The largest absolute Gasteiger partial charge is 0.493 e. The molecule has 0 spiro atoms. The molecule has 3 heterocycles. The summed E-state index contributed by atoms with van der Waals surface area (Å²) in [6, 6.07) is 9.16. The molecular formula is C20H22N4O4. The minimum atomic E-state index is 0.106. The van der Waals surface area contributed by atoms with Gasteiger partial charge in [0.2, 0.25) is 11.7 Å². The average molecular weight is 382 g/mol. The zero-order valence-corrected chi connectivity index (χ0v) is 15.9. The van der Waals surface area contributed by atoms with Gasteiger partial charge in [-0.1, -0.05) is 5.16 Å². The molecule has 1 amide bonds. The van der Waals surface area contributed by atoms with Crippen LogP contribution in [0.3, 0.4) is 0 Å². The lowest BCUT2D eigenvalue weighted by molar-refractivity contribution is -0.130. The standard InChI is InChI=1S/C20H22N4O4/c1-26-16-8-7-14(12-17(16)27-2)19-21-20(28-22-19)15-6-5-11-24(15)13-18(25)23-9-3-4-10-23/h5-8,11-12H,3-4,9-10,13H2,1-2H3. The molecule has 1 fully saturated rings. The molecule has 1 aliphatic rings. The van der Waals surface area contributed by atoms with Gasteiger partial charge in [-0.2, -0.15) is 4.98 Å². The van der Waals surface area contributed by atoms with Crippen LogP contribution in [-0.2, 0) is 11.3 Å². The van der Waals surface area contributed by atoms with E-state index in [1.54, 1.807) is 26.4 Å². The van der Waals surface area contributed by atoms with Gasteiger partial charge in [0.25, 0.3) is 5.89 Å². The first-order chi connectivity index (χ1) is 13.7. The first-order valence-corrected chi connectivity index (χ1v) is 9.19. The summed E-state index contributed by atoms with van der Waals surface area (Å²) < 4.78 is 17.9. The van der Waals surface area contributed by atoms with E-state index >= 15 is 0 Å². The Hall–Kier alpha value is -3.29. The molecule has 0 bridgehead atoms. The Kier molecular flexibility index (Phi) is 5.01. The molecule has 8 heteroatoms. The van der Waals surface area contributed by atoms with E-state index < -0.39 is 0 Å². The van der Waals surface area contributed by atoms with Crippen LogP contribution in [0.25, 0.3) is 23.0 Å². The maximum absolute atomic E-state index is 12.5. The van der Waals surface area contributed by atoms with Crippen LogP contribution in [0.5, 0.6) is 11.5 Å². The number of benzene rings is 1. The Morgan fingerprint density at radius 3 is 2.68 bits per heavy atom. The van der Waals surface area contributed by atoms with Crippen LogP contribution in [0.1, 0.15) is 12.8 Å². The van der Waals surface area contributed by atoms with Gasteiger partial charge in [0, 0.05) is 24.8 Å². The molecule has 0 N–H and O–H groups in total. The topological polar surface area (TPSA) is 82.6 Å². The number of rotatable bonds is 6. The molecule has 8 nitrogen and oxygen atoms in total. The van der Waals surface area contributed by atoms with Crippen molar-refractivity contribution in [2.24, 2.45) is 0 Å². The second-order valence-electron chi connectivity index (χ2n) is 6.60. The maximum Gasteiger partial charge on any atom is 0.274 e. The van der Waals surface area contributed by atoms with E-state index in [4.69, 9.17) is 14.0 Å². The quantitative estimate of drug-likeness (QED) is 0.652. The molecule has 1 aliphatic heterocycles. The van der Waals surface area contributed by atoms with Gasteiger partial charge in [0.05, 0.1) is 14.2 Å². The van der Waals surface area contributed by atoms with Gasteiger partial charge >= 0.3 is 0 Å². The predicted molar refractivity (Wildman–Crippen MR) is 102 cm³/mol. The van der Waals surface area contributed by atoms with E-state index in [2.05, 4.69) is 10.1 Å². The van der Waals surface area contributed by atoms with Crippen molar-refractivity contribution in [3.8, 4) is 34.5 Å². The van der Waals surface area contributed by atoms with Crippen LogP contribution >= 0.6 is 0 Å². The summed E-state index contributed by atoms with van der Waals surface area (Å²) in [4.78, 5) is 18.9. The highest BCUT2D eigenvalue weighted by molar-refractivity contribution is 5.77. The summed E-state index contributed by atoms with van der Waals surface area (Å²) in [6.07, 6.45) is 3.99. The fraction of sp³-hybridized carbons (Fsp3) is 0.350. The van der Waals surface area contributed by atoms with Crippen molar-refractivity contribution in [2.75, 3.05) is 27.3 Å². The fourth-order valence-corrected chi connectivity index (χ4v) is 3.38. The minimum Gasteiger partial charge on any atom is -0.493 e. The van der Waals surface area contributed by atoms with E-state index in [1.807, 2.05) is 33.9 Å². The number of ether oxygens (including phenoxy) is 2. The van der Waals surface area contributed by atoms with E-state index in [1.165, 1.54) is 0 Å². The van der Waals surface area contributed by atoms with Crippen molar-refractivity contribution in [3.63, 3.8) is 0 Å². The molecule has 0 atom stereocenters. The lowest BCUT2D eigenvalue weighted by Gasteiger charge is -2.16. The van der Waals surface area contributed by atoms with Gasteiger partial charge in [-0.25, -0.2) is 0 Å². The molecule has 0 aliphatic carbocycles. The number of carbonyl (C=O) groups is 1. The molecule has 146 valence electrons. The number of carbonyl (C=O) groups excluding carboxylic acids is 1. The van der Waals surface area contributed by atoms with E-state index in [-0.39, 0.29) is 12.5 Å². The highest BCUT2D eigenvalue weighted by Gasteiger charge is 2.21. The summed E-state index contributed by atoms with van der Waals surface area (Å²) in [5.74, 6) is 2.13. The van der Waals surface area contributed by atoms with E-state index in [0.717, 1.165) is 31.5 Å². The van der Waals surface area contributed by atoms with Crippen molar-refractivity contribution in [3.05, 3.63) is 36.5 Å². The monoisotopic (exact) mass is 382 g/mol. The third kappa shape index (κ3) is 3.45. The second kappa shape index (κ2) is 7.75. The summed E-state index contributed by atoms with van der Waals surface area (Å²) in [5, 5.41) is 4.08. The van der Waals surface area contributed by atoms with Crippen molar-refractivity contribution in [1.29, 1.82) is 0 Å². The van der Waals surface area contributed by atoms with Crippen molar-refractivity contribution in [1.82, 2.24) is 19.6 Å². The highest BCUT2D eigenvalue weighted by atomic mass is 16.5. The smallest absolute Gasteiger partial charge is 0.274 e. The van der Waals surface area contributed by atoms with Crippen molar-refractivity contribution >= 4 is 5.91 Å². The SMILES string of the molecule is COc1ccc(-c2noc(-c3cccn3CC(=O)N3CCCC3)n2)cc1OC. The predicted octanol–water partition coefficient (Wildman–Crippen LogP) is 2.84. The lowest BCUT2D eigenvalue weighted by Crippen LogP contribution is -2.31. The summed E-state index contributed by atoms with van der Waals surface area (Å²) in [7, 11) is 3.16. The molecule has 1 aromatic carbocycles. The molecule has 0 radical (unpaired) electrons. The van der Waals surface area contributed by atoms with Gasteiger partial charge in [-0.3, -0.25) is 4.79 Å². The van der Waals surface area contributed by atoms with Crippen LogP contribution in [0.15, 0.2) is 41.1 Å². The van der Waals surface area contributed by atoms with Crippen LogP contribution in [0.2, 0.25) is 0 Å². The Balaban J connectivity index is 1.57. The zero-order valence-electron chi connectivity index (χ0n) is 15.9. The van der Waals surface area contributed by atoms with Gasteiger partial charge in [0.1, 0.15) is 12.2 Å². The number of hydrogen-bond acceptors (Lipinski definition) is 6. The Labute approximate surface area is 162 Å². The minimum absolute atomic E-state index is 0.106. The van der Waals surface area contributed by atoms with E-state index in [9.17, 15) is 4.79 Å². The first kappa shape index (κ1) is 18.1. The highest BCUT2D eigenvalue weighted by Crippen LogP contribution is 2.32. The van der Waals surface area contributed by atoms with Gasteiger partial charge in [0.15, 0.2) is 11.5 Å². The molecule has 1 saturated heterocycles. The summed E-state index contributed by atoms with van der Waals surface area (Å²) in [5.41, 5.74) is 1.46. The summed E-state index contributed by atoms with van der Waals surface area (Å²) >= 11 is 0. The second-order valence-corrected chi connectivity index (χ2v) is 6.60. The third-order valence-corrected chi connectivity index (χ3v) is 4.88. The maximum atomic E-state index is 12.5. The zero-order chi connectivity index (χ0) is 19.5. The molecule has 0 unspecified atom stereocenters. The molecule has 28 heavy (non-hydrogen) atoms. The molecule has 2 aromatic heterocycles. The van der Waals surface area contributed by atoms with Crippen molar-refractivity contribution in [2.45, 2.75) is 19.4 Å². The number of hydrogen-bond donors (Lipinski definition) is 0. The number of amides is 1. The van der Waals surface area contributed by atoms with Gasteiger partial charge in [-0.15, -0.1) is 0 Å². The van der Waals surface area contributed by atoms with Crippen LogP contribution in [-0.4, -0.2) is 52.8 Å². The molecular weight excluding hydrogens is 360 g/mol. The summed E-state index contributed by atoms with van der Waals surface area (Å²) in [6.45, 7) is 1.93. The number of likely N-dealkylation sites (tertiary alicyclic amines) is 1. The first-order valence-electron chi connectivity index (χ1n) is 9.19. The number of methoxy groups -OCH3 is 2. The molecule has 0 saturated carbocycles. The third-order valence-electron chi connectivity index (χ3n) is 4.88. The number of aromatic nitrogens is 3. The lowest BCUT2D eigenvalue weighted by atomic mass is 10.2. The Morgan fingerprint density at radius 2 is 1.93 bits per heavy atom. The van der Waals surface area contributed by atoms with Crippen LogP contribution < -0.4 is 9.47 Å². The normalized spacial score (nSPS) is 13.7. The van der Waals surface area contributed by atoms with Crippen LogP contribution in [0.4, 0.5) is 0 Å². The average Bonchev–Trinajstić information content (AvgIpc) is 3.48.